The van der Waals surface area contributed by atoms with Gasteiger partial charge < -0.3 is 19.9 Å². The van der Waals surface area contributed by atoms with E-state index in [1.807, 2.05) is 50.4 Å². The molecule has 2 aliphatic carbocycles. The maximum Gasteiger partial charge on any atom is 0.340 e. The minimum absolute atomic E-state index is 0.0689. The molecule has 4 rings (SSSR count). The number of ether oxygens (including phenoxy) is 2. The Morgan fingerprint density at radius 1 is 1.33 bits per heavy atom. The van der Waals surface area contributed by atoms with Gasteiger partial charge in [-0.15, -0.1) is 22.7 Å². The van der Waals surface area contributed by atoms with Crippen LogP contribution in [-0.4, -0.2) is 51.9 Å². The molecule has 2 N–H and O–H groups in total. The summed E-state index contributed by atoms with van der Waals surface area (Å²) in [5.41, 5.74) is -1.34. The number of rotatable bonds is 10. The second kappa shape index (κ2) is 11.0. The van der Waals surface area contributed by atoms with Crippen LogP contribution in [0.1, 0.15) is 68.2 Å². The van der Waals surface area contributed by atoms with Crippen LogP contribution in [0.4, 0.5) is 0 Å². The normalized spacial score (nSPS) is 22.0. The summed E-state index contributed by atoms with van der Waals surface area (Å²) in [6.07, 6.45) is 9.79. The van der Waals surface area contributed by atoms with Crippen molar-refractivity contribution < 1.29 is 24.2 Å². The number of thiazole rings is 1. The number of carbonyl (C=O) groups is 2. The highest BCUT2D eigenvalue weighted by Gasteiger charge is 2.45. The van der Waals surface area contributed by atoms with E-state index in [2.05, 4.69) is 10.3 Å². The molecule has 2 unspecified atom stereocenters. The van der Waals surface area contributed by atoms with Gasteiger partial charge in [-0.05, 0) is 57.6 Å². The number of aromatic nitrogens is 1. The van der Waals surface area contributed by atoms with E-state index in [0.717, 1.165) is 40.4 Å². The number of aliphatic carboxylic acids is 1. The van der Waals surface area contributed by atoms with Crippen LogP contribution < -0.4 is 5.32 Å². The zero-order valence-electron chi connectivity index (χ0n) is 21.2. The summed E-state index contributed by atoms with van der Waals surface area (Å²) in [4.78, 5) is 32.0. The smallest absolute Gasteiger partial charge is 0.340 e. The molecule has 2 aromatic rings. The maximum absolute atomic E-state index is 13.2. The first-order valence-electron chi connectivity index (χ1n) is 12.4. The highest BCUT2D eigenvalue weighted by atomic mass is 32.1. The summed E-state index contributed by atoms with van der Waals surface area (Å²) < 4.78 is 12.5. The molecule has 1 amide bonds. The maximum atomic E-state index is 13.2. The molecule has 0 aromatic carbocycles. The summed E-state index contributed by atoms with van der Waals surface area (Å²) in [5.74, 6) is -1.30. The van der Waals surface area contributed by atoms with Gasteiger partial charge in [-0.3, -0.25) is 4.79 Å². The molecule has 36 heavy (non-hydrogen) atoms. The number of hydrogen-bond acceptors (Lipinski definition) is 7. The SMILES string of the molecule is Cc1sc(-c2cccs2)nc1C(=O)NCC1(OC2CCCC2)C=CC=C(C(C)(OC(C)C)C(=O)O)C1. The number of amides is 1. The second-order valence-electron chi connectivity index (χ2n) is 9.91. The largest absolute Gasteiger partial charge is 0.479 e. The van der Waals surface area contributed by atoms with Crippen LogP contribution in [-0.2, 0) is 14.3 Å². The van der Waals surface area contributed by atoms with E-state index in [0.29, 0.717) is 17.7 Å². The predicted octanol–water partition coefficient (Wildman–Crippen LogP) is 5.76. The standard InChI is InChI=1S/C27H34N2O5S2/c1-17(2)33-26(4,25(31)32)19-9-7-13-27(15-19,34-20-10-5-6-11-20)16-28-23(30)22-18(3)36-24(29-22)21-12-8-14-35-21/h7-9,12-14,17,20H,5-6,10-11,15-16H2,1-4H3,(H,28,30)(H,31,32). The molecule has 2 atom stereocenters. The molecule has 7 nitrogen and oxygen atoms in total. The topological polar surface area (TPSA) is 97.8 Å². The third-order valence-electron chi connectivity index (χ3n) is 6.67. The Morgan fingerprint density at radius 3 is 2.72 bits per heavy atom. The van der Waals surface area contributed by atoms with Gasteiger partial charge in [-0.25, -0.2) is 9.78 Å². The predicted molar refractivity (Wildman–Crippen MR) is 143 cm³/mol. The quantitative estimate of drug-likeness (QED) is 0.405. The van der Waals surface area contributed by atoms with Crippen LogP contribution in [0.15, 0.2) is 41.3 Å². The van der Waals surface area contributed by atoms with Gasteiger partial charge in [0.25, 0.3) is 5.91 Å². The Kier molecular flexibility index (Phi) is 8.14. The van der Waals surface area contributed by atoms with Crippen molar-refractivity contribution in [2.45, 2.75) is 83.2 Å². The fourth-order valence-corrected chi connectivity index (χ4v) is 6.56. The van der Waals surface area contributed by atoms with E-state index >= 15 is 0 Å². The van der Waals surface area contributed by atoms with Gasteiger partial charge in [-0.2, -0.15) is 0 Å². The van der Waals surface area contributed by atoms with Gasteiger partial charge in [0.1, 0.15) is 16.3 Å². The average Bonchev–Trinajstić information content (AvgIpc) is 3.59. The van der Waals surface area contributed by atoms with Crippen molar-refractivity contribution in [2.75, 3.05) is 6.54 Å². The second-order valence-corrected chi connectivity index (χ2v) is 12.1. The van der Waals surface area contributed by atoms with Gasteiger partial charge in [0.15, 0.2) is 5.60 Å². The highest BCUT2D eigenvalue weighted by molar-refractivity contribution is 7.21. The van der Waals surface area contributed by atoms with Crippen LogP contribution in [0.2, 0.25) is 0 Å². The summed E-state index contributed by atoms with van der Waals surface area (Å²) in [6.45, 7) is 7.34. The molecule has 0 bridgehead atoms. The third-order valence-corrected chi connectivity index (χ3v) is 8.68. The summed E-state index contributed by atoms with van der Waals surface area (Å²) >= 11 is 3.09. The van der Waals surface area contributed by atoms with Crippen molar-refractivity contribution in [2.24, 2.45) is 0 Å². The van der Waals surface area contributed by atoms with Crippen LogP contribution in [0.25, 0.3) is 9.88 Å². The van der Waals surface area contributed by atoms with Gasteiger partial charge in [0.05, 0.1) is 23.6 Å². The van der Waals surface area contributed by atoms with E-state index < -0.39 is 17.2 Å². The summed E-state index contributed by atoms with van der Waals surface area (Å²) in [5, 5.41) is 15.9. The van der Waals surface area contributed by atoms with E-state index in [9.17, 15) is 14.7 Å². The monoisotopic (exact) mass is 530 g/mol. The fraction of sp³-hybridized carbons (Fsp3) is 0.519. The lowest BCUT2D eigenvalue weighted by Crippen LogP contribution is -2.51. The van der Waals surface area contributed by atoms with E-state index in [-0.39, 0.29) is 24.7 Å². The lowest BCUT2D eigenvalue weighted by atomic mass is 9.81. The van der Waals surface area contributed by atoms with Crippen LogP contribution >= 0.6 is 22.7 Å². The molecule has 0 aliphatic heterocycles. The summed E-state index contributed by atoms with van der Waals surface area (Å²) in [6, 6.07) is 3.96. The first-order chi connectivity index (χ1) is 17.1. The minimum atomic E-state index is -1.49. The Balaban J connectivity index is 1.55. The molecule has 0 radical (unpaired) electrons. The van der Waals surface area contributed by atoms with Gasteiger partial charge in [-0.1, -0.05) is 37.1 Å². The fourth-order valence-electron chi connectivity index (χ4n) is 4.85. The van der Waals surface area contributed by atoms with Crippen molar-refractivity contribution in [3.8, 4) is 9.88 Å². The van der Waals surface area contributed by atoms with Gasteiger partial charge in [0, 0.05) is 11.3 Å². The van der Waals surface area contributed by atoms with E-state index in [4.69, 9.17) is 9.47 Å². The molecule has 194 valence electrons. The Hall–Kier alpha value is -2.33. The van der Waals surface area contributed by atoms with Gasteiger partial charge in [0.2, 0.25) is 0 Å². The first kappa shape index (κ1) is 26.7. The van der Waals surface area contributed by atoms with Crippen molar-refractivity contribution in [1.29, 1.82) is 0 Å². The molecule has 1 saturated carbocycles. The van der Waals surface area contributed by atoms with Crippen LogP contribution in [0, 0.1) is 6.92 Å². The lowest BCUT2D eigenvalue weighted by molar-refractivity contribution is -0.164. The molecule has 0 saturated heterocycles. The van der Waals surface area contributed by atoms with Crippen LogP contribution in [0.5, 0.6) is 0 Å². The number of hydrogen-bond donors (Lipinski definition) is 2. The molecular weight excluding hydrogens is 496 g/mol. The third kappa shape index (κ3) is 5.80. The average molecular weight is 531 g/mol. The zero-order valence-corrected chi connectivity index (χ0v) is 22.8. The molecule has 1 fully saturated rings. The number of aryl methyl sites for hydroxylation is 1. The first-order valence-corrected chi connectivity index (χ1v) is 14.1. The van der Waals surface area contributed by atoms with Crippen LogP contribution in [0.3, 0.4) is 0 Å². The van der Waals surface area contributed by atoms with Gasteiger partial charge >= 0.3 is 5.97 Å². The number of nitrogens with zero attached hydrogens (tertiary/aromatic N) is 1. The number of thiophene rings is 1. The molecular formula is C27H34N2O5S2. The van der Waals surface area contributed by atoms with Crippen molar-refractivity contribution in [1.82, 2.24) is 10.3 Å². The highest BCUT2D eigenvalue weighted by Crippen LogP contribution is 2.38. The van der Waals surface area contributed by atoms with Crippen molar-refractivity contribution in [3.05, 3.63) is 51.9 Å². The van der Waals surface area contributed by atoms with Crippen molar-refractivity contribution in [3.63, 3.8) is 0 Å². The lowest BCUT2D eigenvalue weighted by Gasteiger charge is -2.40. The number of carboxylic acids is 1. The summed E-state index contributed by atoms with van der Waals surface area (Å²) in [7, 11) is 0. The number of allylic oxidation sites excluding steroid dienone is 2. The zero-order chi connectivity index (χ0) is 25.9. The van der Waals surface area contributed by atoms with E-state index in [1.54, 1.807) is 24.3 Å². The number of nitrogens with one attached hydrogen (secondary N) is 1. The molecule has 2 aromatic heterocycles. The Bertz CT molecular complexity index is 1150. The minimum Gasteiger partial charge on any atom is -0.479 e. The number of carboxylic acid groups (broad SMARTS) is 1. The van der Waals surface area contributed by atoms with Crippen molar-refractivity contribution >= 4 is 34.6 Å². The molecule has 9 heteroatoms. The Labute approximate surface area is 220 Å². The molecule has 2 heterocycles. The molecule has 0 spiro atoms. The molecule has 2 aliphatic rings. The van der Waals surface area contributed by atoms with E-state index in [1.165, 1.54) is 11.3 Å². The Morgan fingerprint density at radius 2 is 2.08 bits per heavy atom. The number of carbonyl (C=O) groups excluding carboxylic acids is 1.